The first-order chi connectivity index (χ1) is 42.8. The zero-order valence-electron chi connectivity index (χ0n) is 48.6. The molecule has 3 aliphatic heterocycles. The van der Waals surface area contributed by atoms with Gasteiger partial charge in [0.05, 0.1) is 123 Å². The molecule has 12 aromatic rings. The number of aromatic nitrogens is 4. The van der Waals surface area contributed by atoms with Crippen LogP contribution in [0.5, 0.6) is 34.5 Å². The van der Waals surface area contributed by atoms with E-state index in [4.69, 9.17) is 28.4 Å². The highest BCUT2D eigenvalue weighted by Crippen LogP contribution is 2.54. The summed E-state index contributed by atoms with van der Waals surface area (Å²) in [6.07, 6.45) is 11.0. The van der Waals surface area contributed by atoms with Crippen LogP contribution in [0.2, 0.25) is 0 Å². The van der Waals surface area contributed by atoms with Crippen LogP contribution < -0.4 is 28.4 Å². The number of H-pyrrole nitrogens is 2. The normalized spacial score (nSPS) is 18.0. The van der Waals surface area contributed by atoms with Gasteiger partial charge in [-0.2, -0.15) is 0 Å². The van der Waals surface area contributed by atoms with Crippen molar-refractivity contribution in [1.82, 2.24) is 28.9 Å². The van der Waals surface area contributed by atoms with Gasteiger partial charge in [-0.05, 0) is 121 Å². The third kappa shape index (κ3) is 8.35. The number of benzene rings is 8. The fraction of sp³-hybridized carbons (Fsp3) is 0.200. The van der Waals surface area contributed by atoms with Gasteiger partial charge < -0.3 is 47.5 Å². The second-order valence-corrected chi connectivity index (χ2v) is 24.9. The lowest BCUT2D eigenvalue weighted by molar-refractivity contribution is 0.0628. The quantitative estimate of drug-likeness (QED) is 0.0763. The molecule has 7 heterocycles. The first-order valence-corrected chi connectivity index (χ1v) is 30.6. The highest BCUT2D eigenvalue weighted by Gasteiger charge is 2.45. The molecule has 4 aromatic heterocycles. The van der Waals surface area contributed by atoms with Gasteiger partial charge in [-0.25, -0.2) is 0 Å². The fourth-order valence-electron chi connectivity index (χ4n) is 13.8. The molecule has 0 saturated carbocycles. The summed E-state index contributed by atoms with van der Waals surface area (Å²) in [5.41, 5.74) is 10.6. The lowest BCUT2D eigenvalue weighted by Crippen LogP contribution is -2.29. The number of hydrogen-bond donors (Lipinski definition) is 2. The Balaban J connectivity index is 0.000000134. The van der Waals surface area contributed by atoms with E-state index in [9.17, 15) is 19.2 Å². The third-order valence-corrected chi connectivity index (χ3v) is 19.3. The Morgan fingerprint density at radius 1 is 0.398 bits per heavy atom. The van der Waals surface area contributed by atoms with Crippen LogP contribution in [-0.4, -0.2) is 105 Å². The van der Waals surface area contributed by atoms with Crippen molar-refractivity contribution in [1.29, 1.82) is 0 Å². The van der Waals surface area contributed by atoms with Gasteiger partial charge in [0.1, 0.15) is 34.5 Å². The summed E-state index contributed by atoms with van der Waals surface area (Å²) in [6, 6.07) is 38.5. The number of imide groups is 2. The number of ether oxygens (including phenoxy) is 6. The number of aromatic amines is 2. The predicted molar refractivity (Wildman–Crippen MR) is 349 cm³/mol. The van der Waals surface area contributed by atoms with Crippen molar-refractivity contribution in [2.75, 3.05) is 42.7 Å². The fourth-order valence-corrected chi connectivity index (χ4v) is 15.5. The maximum Gasteiger partial charge on any atom is 0.262 e. The summed E-state index contributed by atoms with van der Waals surface area (Å²) in [5.74, 6) is 2.95. The topological polar surface area (TPSA) is 172 Å². The monoisotopic (exact) mass is 1300 g/mol. The zero-order chi connectivity index (χ0) is 60.5. The molecular weight excluding hydrogens is 1240 g/mol. The summed E-state index contributed by atoms with van der Waals surface area (Å²) in [7, 11) is 9.72. The number of nitrogens with one attached hydrogen (secondary N) is 2. The minimum absolute atomic E-state index is 0.121. The lowest BCUT2D eigenvalue weighted by atomic mass is 9.96. The minimum Gasteiger partial charge on any atom is -0.497 e. The zero-order valence-corrected chi connectivity index (χ0v) is 51.8. The van der Waals surface area contributed by atoms with E-state index in [0.717, 1.165) is 99.7 Å². The van der Waals surface area contributed by atoms with Crippen LogP contribution >= 0.6 is 31.9 Å². The number of nitrogens with zero attached hydrogens (tertiary/aromatic N) is 4. The van der Waals surface area contributed by atoms with Crippen molar-refractivity contribution >= 4 is 143 Å². The van der Waals surface area contributed by atoms with Gasteiger partial charge in [-0.3, -0.25) is 29.0 Å². The summed E-state index contributed by atoms with van der Waals surface area (Å²) in [6.45, 7) is 0.312. The lowest BCUT2D eigenvalue weighted by Gasteiger charge is -2.15. The van der Waals surface area contributed by atoms with Gasteiger partial charge >= 0.3 is 0 Å². The van der Waals surface area contributed by atoms with Gasteiger partial charge in [0.25, 0.3) is 23.6 Å². The highest BCUT2D eigenvalue weighted by molar-refractivity contribution is 9.10. The molecule has 0 radical (unpaired) electrons. The molecular formula is C70H56Br2N6O10. The number of alkyl halides is 2. The van der Waals surface area contributed by atoms with Gasteiger partial charge in [-0.15, -0.1) is 0 Å². The number of halogens is 2. The van der Waals surface area contributed by atoms with Gasteiger partial charge in [-0.1, -0.05) is 80.4 Å². The van der Waals surface area contributed by atoms with Gasteiger partial charge in [0.2, 0.25) is 0 Å². The summed E-state index contributed by atoms with van der Waals surface area (Å²) < 4.78 is 37.6. The number of carbonyl (C=O) groups excluding carboxylic acids is 4. The Kier molecular flexibility index (Phi) is 13.2. The molecule has 4 atom stereocenters. The Hall–Kier alpha value is -9.52. The number of rotatable bonds is 10. The molecule has 18 heteroatoms. The number of carbonyl (C=O) groups is 4. The Bertz CT molecular complexity index is 4790. The van der Waals surface area contributed by atoms with E-state index in [0.29, 0.717) is 71.4 Å². The molecule has 5 aliphatic rings. The SMILES string of the molecule is Br[C@@H]1C=C[C@H](Br)C1.COc1ccc(CN2C(=O)c3c(c4c5cc(OC)ccc5[nH]c4c4[nH]c5ccc(OC)cc5c34)C2=O)cc1.COc1ccc(CN2C(=O)c3c(c4c5cc(OC)ccc5n5c4c4c3c3cc(OC)ccc3n4C3C=C[C@@H]5C3)C2=O)cc1. The molecule has 4 amide bonds. The largest absolute Gasteiger partial charge is 0.497 e. The van der Waals surface area contributed by atoms with Crippen molar-refractivity contribution < 1.29 is 47.6 Å². The molecule has 1 unspecified atom stereocenters. The van der Waals surface area contributed by atoms with Crippen molar-refractivity contribution in [3.8, 4) is 34.5 Å². The molecule has 2 aliphatic carbocycles. The van der Waals surface area contributed by atoms with Gasteiger partial charge in [0, 0.05) is 63.8 Å². The van der Waals surface area contributed by atoms with Crippen molar-refractivity contribution in [3.05, 3.63) is 179 Å². The molecule has 8 aromatic carbocycles. The van der Waals surface area contributed by atoms with E-state index < -0.39 is 0 Å². The molecule has 0 spiro atoms. The average molecular weight is 1300 g/mol. The van der Waals surface area contributed by atoms with Crippen molar-refractivity contribution in [2.45, 2.75) is 47.7 Å². The molecule has 2 bridgehead atoms. The van der Waals surface area contributed by atoms with Crippen LogP contribution in [0.15, 0.2) is 146 Å². The summed E-state index contributed by atoms with van der Waals surface area (Å²) in [4.78, 5) is 68.1. The second kappa shape index (κ2) is 21.1. The van der Waals surface area contributed by atoms with Crippen LogP contribution in [0.4, 0.5) is 0 Å². The van der Waals surface area contributed by atoms with Crippen LogP contribution in [0.25, 0.3) is 87.2 Å². The maximum absolute atomic E-state index is 14.5. The van der Waals surface area contributed by atoms with E-state index in [1.54, 1.807) is 42.7 Å². The molecule has 16 nitrogen and oxygen atoms in total. The predicted octanol–water partition coefficient (Wildman–Crippen LogP) is 15.0. The number of methoxy groups -OCH3 is 6. The molecule has 2 N–H and O–H groups in total. The van der Waals surface area contributed by atoms with E-state index in [1.807, 2.05) is 109 Å². The Labute approximate surface area is 520 Å². The van der Waals surface area contributed by atoms with Crippen molar-refractivity contribution in [3.63, 3.8) is 0 Å². The molecule has 0 fully saturated rings. The molecule has 17 rings (SSSR count). The first-order valence-electron chi connectivity index (χ1n) is 28.8. The first kappa shape index (κ1) is 55.1. The molecule has 88 heavy (non-hydrogen) atoms. The van der Waals surface area contributed by atoms with Crippen molar-refractivity contribution in [2.24, 2.45) is 0 Å². The number of allylic oxidation sites excluding steroid dienone is 4. The molecule has 0 saturated heterocycles. The van der Waals surface area contributed by atoms with E-state index >= 15 is 0 Å². The smallest absolute Gasteiger partial charge is 0.262 e. The third-order valence-electron chi connectivity index (χ3n) is 17.9. The molecule has 440 valence electrons. The van der Waals surface area contributed by atoms with E-state index in [-0.39, 0.29) is 48.8 Å². The van der Waals surface area contributed by atoms with Crippen LogP contribution in [0.1, 0.15) is 77.5 Å². The highest BCUT2D eigenvalue weighted by atomic mass is 79.9. The van der Waals surface area contributed by atoms with Crippen LogP contribution in [0.3, 0.4) is 0 Å². The van der Waals surface area contributed by atoms with Crippen LogP contribution in [0, 0.1) is 0 Å². The van der Waals surface area contributed by atoms with E-state index in [1.165, 1.54) is 16.2 Å². The number of amides is 4. The summed E-state index contributed by atoms with van der Waals surface area (Å²) >= 11 is 6.92. The Morgan fingerprint density at radius 3 is 1.07 bits per heavy atom. The minimum atomic E-state index is -0.325. The second-order valence-electron chi connectivity index (χ2n) is 22.5. The van der Waals surface area contributed by atoms with Crippen LogP contribution in [-0.2, 0) is 13.1 Å². The standard InChI is InChI=1S/C35H27N3O5.C30H23N3O5.C5H6Br2/c1-41-21-8-4-18(5-9-21)17-36-34(39)30-28-24-15-22(42-2)10-12-26(24)37-19-6-7-20(14-19)38-27-13-11-23(43-3)16-25(27)29(31(30)35(36)40)33(38)32(28)37;1-36-16-6-4-15(5-7-16)14-33-29(34)25-23-19-12-17(37-2)8-10-21(19)31-27(23)28-24(26(25)30(33)35)20-13-18(38-3)9-11-22(20)32-28;6-4-1-2-5(7)3-4/h4-13,15-16,19-20H,14,17H2,1-3H3;4-13,31-32H,14H2,1-3H3;1-2,4-5H,3H2/t19-,20?;;4-,5+/m1../s1. The number of fused-ring (bicyclic) bond motifs is 23. The number of hydrogen-bond acceptors (Lipinski definition) is 10. The van der Waals surface area contributed by atoms with Gasteiger partial charge in [0.15, 0.2) is 0 Å². The average Bonchev–Trinajstić information content (AvgIpc) is 1.52. The maximum atomic E-state index is 14.5. The van der Waals surface area contributed by atoms with E-state index in [2.05, 4.69) is 87.4 Å². The summed E-state index contributed by atoms with van der Waals surface area (Å²) in [5, 5.41) is 6.49. The Morgan fingerprint density at radius 2 is 0.727 bits per heavy atom.